The van der Waals surface area contributed by atoms with Crippen LogP contribution in [-0.2, 0) is 9.84 Å². The summed E-state index contributed by atoms with van der Waals surface area (Å²) >= 11 is 5.78. The molecule has 4 nitrogen and oxygen atoms in total. The van der Waals surface area contributed by atoms with Crippen LogP contribution in [-0.4, -0.2) is 30.9 Å². The zero-order chi connectivity index (χ0) is 16.8. The van der Waals surface area contributed by atoms with E-state index in [4.69, 9.17) is 17.3 Å². The normalized spacial score (nSPS) is 27.0. The molecule has 0 saturated heterocycles. The van der Waals surface area contributed by atoms with Crippen LogP contribution in [0.5, 0.6) is 0 Å². The van der Waals surface area contributed by atoms with E-state index in [2.05, 4.69) is 0 Å². The summed E-state index contributed by atoms with van der Waals surface area (Å²) in [6.45, 7) is -0.480. The molecule has 1 aliphatic carbocycles. The van der Waals surface area contributed by atoms with Crippen molar-refractivity contribution in [1.82, 2.24) is 0 Å². The molecule has 2 aromatic rings. The molecule has 0 unspecified atom stereocenters. The SMILES string of the molecule is N[C@@]1(CO)[C@H](S(=O)(=O)c2ccc(Cl)cc2)[C@@H]1c1ccc(F)cc1. The third-order valence-electron chi connectivity index (χ3n) is 4.28. The first-order valence-electron chi connectivity index (χ1n) is 6.95. The molecule has 0 aliphatic heterocycles. The van der Waals surface area contributed by atoms with E-state index in [-0.39, 0.29) is 4.90 Å². The molecule has 1 saturated carbocycles. The average Bonchev–Trinajstić information content (AvgIpc) is 3.16. The molecular weight excluding hydrogens is 341 g/mol. The maximum atomic E-state index is 13.1. The minimum atomic E-state index is -3.75. The summed E-state index contributed by atoms with van der Waals surface area (Å²) in [5, 5.41) is 9.05. The summed E-state index contributed by atoms with van der Waals surface area (Å²) in [6, 6.07) is 11.3. The molecule has 2 aromatic carbocycles. The van der Waals surface area contributed by atoms with Gasteiger partial charge in [0.1, 0.15) is 5.82 Å². The number of nitrogens with two attached hydrogens (primary N) is 1. The molecule has 23 heavy (non-hydrogen) atoms. The van der Waals surface area contributed by atoms with Crippen LogP contribution in [0.1, 0.15) is 11.5 Å². The Labute approximate surface area is 138 Å². The Morgan fingerprint density at radius 1 is 1.13 bits per heavy atom. The van der Waals surface area contributed by atoms with E-state index in [9.17, 15) is 17.9 Å². The van der Waals surface area contributed by atoms with Crippen LogP contribution in [0.25, 0.3) is 0 Å². The lowest BCUT2D eigenvalue weighted by Gasteiger charge is -2.08. The smallest absolute Gasteiger partial charge is 0.183 e. The van der Waals surface area contributed by atoms with Gasteiger partial charge in [-0.2, -0.15) is 0 Å². The molecule has 7 heteroatoms. The van der Waals surface area contributed by atoms with E-state index in [1.54, 1.807) is 0 Å². The molecule has 0 spiro atoms. The highest BCUT2D eigenvalue weighted by Crippen LogP contribution is 2.55. The summed E-state index contributed by atoms with van der Waals surface area (Å²) in [5.41, 5.74) is 5.42. The number of aliphatic hydroxyl groups excluding tert-OH is 1. The second-order valence-electron chi connectivity index (χ2n) is 5.72. The van der Waals surface area contributed by atoms with E-state index < -0.39 is 39.0 Å². The van der Waals surface area contributed by atoms with Crippen LogP contribution in [0.4, 0.5) is 4.39 Å². The van der Waals surface area contributed by atoms with Crippen molar-refractivity contribution in [3.05, 3.63) is 64.9 Å². The number of hydrogen-bond acceptors (Lipinski definition) is 4. The van der Waals surface area contributed by atoms with Crippen LogP contribution < -0.4 is 5.73 Å². The summed E-state index contributed by atoms with van der Waals surface area (Å²) in [4.78, 5) is 0.0970. The standard InChI is InChI=1S/C16H15ClFNO3S/c17-11-3-7-13(8-4-11)23(21,22)15-14(16(15,19)9-20)10-1-5-12(18)6-2-10/h1-8,14-15,20H,9,19H2/t14-,15+,16+/m0/s1. The molecule has 0 heterocycles. The fourth-order valence-corrected chi connectivity index (χ4v) is 5.43. The minimum absolute atomic E-state index is 0.0970. The molecule has 0 amide bonds. The van der Waals surface area contributed by atoms with Crippen LogP contribution in [0.2, 0.25) is 5.02 Å². The predicted molar refractivity (Wildman–Crippen MR) is 85.6 cm³/mol. The summed E-state index contributed by atoms with van der Waals surface area (Å²) in [5.74, 6) is -1.01. The third kappa shape index (κ3) is 2.65. The summed E-state index contributed by atoms with van der Waals surface area (Å²) in [6.07, 6.45) is 0. The van der Waals surface area contributed by atoms with Crippen molar-refractivity contribution in [2.24, 2.45) is 5.73 Å². The van der Waals surface area contributed by atoms with Crippen molar-refractivity contribution in [1.29, 1.82) is 0 Å². The number of sulfone groups is 1. The molecular formula is C16H15ClFNO3S. The second kappa shape index (κ2) is 5.56. The summed E-state index contributed by atoms with van der Waals surface area (Å²) < 4.78 is 38.7. The average molecular weight is 356 g/mol. The van der Waals surface area contributed by atoms with Gasteiger partial charge in [0.05, 0.1) is 22.3 Å². The van der Waals surface area contributed by atoms with E-state index in [1.165, 1.54) is 48.5 Å². The molecule has 122 valence electrons. The number of halogens is 2. The van der Waals surface area contributed by atoms with Crippen LogP contribution >= 0.6 is 11.6 Å². The maximum absolute atomic E-state index is 13.1. The Morgan fingerprint density at radius 2 is 1.70 bits per heavy atom. The molecule has 3 atom stereocenters. The van der Waals surface area contributed by atoms with E-state index >= 15 is 0 Å². The number of rotatable bonds is 4. The van der Waals surface area contributed by atoms with Crippen LogP contribution in [0.3, 0.4) is 0 Å². The van der Waals surface area contributed by atoms with Crippen molar-refractivity contribution in [2.75, 3.05) is 6.61 Å². The van der Waals surface area contributed by atoms with Gasteiger partial charge in [0.15, 0.2) is 9.84 Å². The highest BCUT2D eigenvalue weighted by atomic mass is 35.5. The van der Waals surface area contributed by atoms with Gasteiger partial charge in [-0.15, -0.1) is 0 Å². The van der Waals surface area contributed by atoms with Crippen LogP contribution in [0, 0.1) is 5.82 Å². The van der Waals surface area contributed by atoms with Gasteiger partial charge in [0.2, 0.25) is 0 Å². The second-order valence-corrected chi connectivity index (χ2v) is 8.22. The lowest BCUT2D eigenvalue weighted by atomic mass is 10.1. The van der Waals surface area contributed by atoms with Crippen molar-refractivity contribution >= 4 is 21.4 Å². The van der Waals surface area contributed by atoms with Gasteiger partial charge in [-0.25, -0.2) is 12.8 Å². The molecule has 0 bridgehead atoms. The van der Waals surface area contributed by atoms with Gasteiger partial charge in [0.25, 0.3) is 0 Å². The Bertz CT molecular complexity index is 823. The van der Waals surface area contributed by atoms with Crippen molar-refractivity contribution in [3.63, 3.8) is 0 Å². The maximum Gasteiger partial charge on any atom is 0.183 e. The largest absolute Gasteiger partial charge is 0.394 e. The van der Waals surface area contributed by atoms with Gasteiger partial charge in [-0.1, -0.05) is 23.7 Å². The molecule has 1 aliphatic rings. The monoisotopic (exact) mass is 355 g/mol. The van der Waals surface area contributed by atoms with Gasteiger partial charge >= 0.3 is 0 Å². The topological polar surface area (TPSA) is 80.4 Å². The minimum Gasteiger partial charge on any atom is -0.394 e. The fourth-order valence-electron chi connectivity index (χ4n) is 3.01. The number of benzene rings is 2. The summed E-state index contributed by atoms with van der Waals surface area (Å²) in [7, 11) is -3.75. The molecule has 0 aromatic heterocycles. The quantitative estimate of drug-likeness (QED) is 0.880. The first-order chi connectivity index (χ1) is 10.8. The van der Waals surface area contributed by atoms with Crippen LogP contribution in [0.15, 0.2) is 53.4 Å². The Morgan fingerprint density at radius 3 is 2.22 bits per heavy atom. The van der Waals surface area contributed by atoms with E-state index in [0.29, 0.717) is 10.6 Å². The fraction of sp³-hybridized carbons (Fsp3) is 0.250. The first-order valence-corrected chi connectivity index (χ1v) is 8.88. The first kappa shape index (κ1) is 16.4. The lowest BCUT2D eigenvalue weighted by molar-refractivity contribution is 0.253. The molecule has 3 N–H and O–H groups in total. The molecule has 0 radical (unpaired) electrons. The molecule has 1 fully saturated rings. The highest BCUT2D eigenvalue weighted by molar-refractivity contribution is 7.92. The van der Waals surface area contributed by atoms with Gasteiger partial charge < -0.3 is 10.8 Å². The Hall–Kier alpha value is -1.47. The Balaban J connectivity index is 2.01. The zero-order valence-corrected chi connectivity index (χ0v) is 13.6. The van der Waals surface area contributed by atoms with E-state index in [0.717, 1.165) is 0 Å². The lowest BCUT2D eigenvalue weighted by Crippen LogP contribution is -2.35. The van der Waals surface area contributed by atoms with Gasteiger partial charge in [0, 0.05) is 10.9 Å². The van der Waals surface area contributed by atoms with Gasteiger partial charge in [-0.3, -0.25) is 0 Å². The number of hydrogen-bond donors (Lipinski definition) is 2. The van der Waals surface area contributed by atoms with E-state index in [1.807, 2.05) is 0 Å². The van der Waals surface area contributed by atoms with Gasteiger partial charge in [-0.05, 0) is 42.0 Å². The third-order valence-corrected chi connectivity index (χ3v) is 6.84. The Kier molecular flexibility index (Phi) is 3.96. The predicted octanol–water partition coefficient (Wildman–Crippen LogP) is 2.11. The highest BCUT2D eigenvalue weighted by Gasteiger charge is 2.69. The zero-order valence-electron chi connectivity index (χ0n) is 12.0. The van der Waals surface area contributed by atoms with Crippen molar-refractivity contribution < 1.29 is 17.9 Å². The number of aliphatic hydroxyl groups is 1. The van der Waals surface area contributed by atoms with Crippen molar-refractivity contribution in [2.45, 2.75) is 21.6 Å². The van der Waals surface area contributed by atoms with Crippen molar-refractivity contribution in [3.8, 4) is 0 Å². The molecule has 3 rings (SSSR count).